The smallest absolute Gasteiger partial charge is 0.248 e. The van der Waals surface area contributed by atoms with E-state index in [1.165, 1.54) is 18.3 Å². The highest BCUT2D eigenvalue weighted by Gasteiger charge is 2.17. The predicted molar refractivity (Wildman–Crippen MR) is 87.4 cm³/mol. The van der Waals surface area contributed by atoms with Crippen LogP contribution < -0.4 is 5.32 Å². The standard InChI is InChI=1S/C16H21N3O3S/c1-9(2)5-14-18-16(22-19-14)10(3)17-15(21)7-12-6-13(11(4)20)23-8-12/h6,8-10H,5,7H2,1-4H3,(H,17,21)/t10-/m0/s1. The van der Waals surface area contributed by atoms with Crippen LogP contribution in [0.25, 0.3) is 0 Å². The summed E-state index contributed by atoms with van der Waals surface area (Å²) in [6.45, 7) is 7.48. The van der Waals surface area contributed by atoms with E-state index in [-0.39, 0.29) is 24.2 Å². The van der Waals surface area contributed by atoms with Crippen LogP contribution in [0.15, 0.2) is 16.0 Å². The lowest BCUT2D eigenvalue weighted by Gasteiger charge is -2.08. The molecule has 0 aliphatic rings. The highest BCUT2D eigenvalue weighted by molar-refractivity contribution is 7.12. The number of nitrogens with one attached hydrogen (secondary N) is 1. The minimum atomic E-state index is -0.346. The van der Waals surface area contributed by atoms with Gasteiger partial charge >= 0.3 is 0 Å². The van der Waals surface area contributed by atoms with Crippen LogP contribution in [0.1, 0.15) is 60.7 Å². The average molecular weight is 335 g/mol. The molecule has 7 heteroatoms. The van der Waals surface area contributed by atoms with Crippen molar-refractivity contribution in [2.45, 2.75) is 46.6 Å². The summed E-state index contributed by atoms with van der Waals surface area (Å²) in [5.74, 6) is 1.37. The number of hydrogen-bond donors (Lipinski definition) is 1. The summed E-state index contributed by atoms with van der Waals surface area (Å²) in [6.07, 6.45) is 0.966. The zero-order chi connectivity index (χ0) is 17.0. The lowest BCUT2D eigenvalue weighted by Crippen LogP contribution is -2.28. The first-order valence-corrected chi connectivity index (χ1v) is 8.43. The van der Waals surface area contributed by atoms with Gasteiger partial charge in [-0.15, -0.1) is 11.3 Å². The van der Waals surface area contributed by atoms with Gasteiger partial charge in [0, 0.05) is 6.42 Å². The van der Waals surface area contributed by atoms with Crippen molar-refractivity contribution in [3.05, 3.63) is 33.6 Å². The van der Waals surface area contributed by atoms with E-state index in [1.807, 2.05) is 5.38 Å². The third-order valence-electron chi connectivity index (χ3n) is 3.19. The van der Waals surface area contributed by atoms with Crippen molar-refractivity contribution < 1.29 is 14.1 Å². The lowest BCUT2D eigenvalue weighted by atomic mass is 10.1. The first-order chi connectivity index (χ1) is 10.8. The number of carbonyl (C=O) groups is 2. The number of Topliss-reactive ketones (excluding diaryl/α,β-unsaturated/α-hetero) is 1. The minimum Gasteiger partial charge on any atom is -0.344 e. The van der Waals surface area contributed by atoms with Crippen LogP contribution in [-0.4, -0.2) is 21.8 Å². The van der Waals surface area contributed by atoms with Gasteiger partial charge in [-0.3, -0.25) is 9.59 Å². The van der Waals surface area contributed by atoms with Crippen LogP contribution in [0.3, 0.4) is 0 Å². The molecule has 0 radical (unpaired) electrons. The fourth-order valence-electron chi connectivity index (χ4n) is 2.08. The average Bonchev–Trinajstić information content (AvgIpc) is 3.07. The molecule has 0 fully saturated rings. The van der Waals surface area contributed by atoms with E-state index in [4.69, 9.17) is 4.52 Å². The molecule has 1 amide bonds. The number of ketones is 1. The van der Waals surface area contributed by atoms with E-state index in [2.05, 4.69) is 29.3 Å². The van der Waals surface area contributed by atoms with Gasteiger partial charge in [-0.05, 0) is 36.8 Å². The second-order valence-corrected chi connectivity index (χ2v) is 6.90. The Balaban J connectivity index is 1.91. The summed E-state index contributed by atoms with van der Waals surface area (Å²) in [6, 6.07) is 1.41. The zero-order valence-corrected chi connectivity index (χ0v) is 14.6. The van der Waals surface area contributed by atoms with Gasteiger partial charge in [0.25, 0.3) is 0 Å². The summed E-state index contributed by atoms with van der Waals surface area (Å²) < 4.78 is 5.20. The molecule has 23 heavy (non-hydrogen) atoms. The second kappa shape index (κ2) is 7.50. The maximum atomic E-state index is 12.1. The lowest BCUT2D eigenvalue weighted by molar-refractivity contribution is -0.121. The first-order valence-electron chi connectivity index (χ1n) is 7.55. The molecule has 0 saturated carbocycles. The molecular formula is C16H21N3O3S. The van der Waals surface area contributed by atoms with E-state index in [1.54, 1.807) is 13.0 Å². The quantitative estimate of drug-likeness (QED) is 0.786. The number of rotatable bonds is 7. The van der Waals surface area contributed by atoms with Gasteiger partial charge in [-0.2, -0.15) is 4.98 Å². The van der Waals surface area contributed by atoms with Gasteiger partial charge in [-0.25, -0.2) is 0 Å². The summed E-state index contributed by atoms with van der Waals surface area (Å²) in [5, 5.41) is 8.58. The number of nitrogens with zero attached hydrogens (tertiary/aromatic N) is 2. The predicted octanol–water partition coefficient (Wildman–Crippen LogP) is 2.95. The molecule has 2 rings (SSSR count). The Morgan fingerprint density at radius 2 is 2.09 bits per heavy atom. The molecule has 1 N–H and O–H groups in total. The van der Waals surface area contributed by atoms with Gasteiger partial charge in [-0.1, -0.05) is 19.0 Å². The van der Waals surface area contributed by atoms with Crippen molar-refractivity contribution in [2.75, 3.05) is 0 Å². The topological polar surface area (TPSA) is 85.1 Å². The van der Waals surface area contributed by atoms with Crippen LogP contribution in [0.2, 0.25) is 0 Å². The molecule has 2 aromatic heterocycles. The molecule has 6 nitrogen and oxygen atoms in total. The molecular weight excluding hydrogens is 314 g/mol. The second-order valence-electron chi connectivity index (χ2n) is 5.99. The van der Waals surface area contributed by atoms with Crippen molar-refractivity contribution in [1.29, 1.82) is 0 Å². The van der Waals surface area contributed by atoms with Gasteiger partial charge in [0.2, 0.25) is 11.8 Å². The number of hydrogen-bond acceptors (Lipinski definition) is 6. The van der Waals surface area contributed by atoms with Crippen molar-refractivity contribution >= 4 is 23.0 Å². The van der Waals surface area contributed by atoms with Gasteiger partial charge < -0.3 is 9.84 Å². The summed E-state index contributed by atoms with van der Waals surface area (Å²) in [5.41, 5.74) is 0.830. The molecule has 0 bridgehead atoms. The Morgan fingerprint density at radius 1 is 1.35 bits per heavy atom. The summed E-state index contributed by atoms with van der Waals surface area (Å²) >= 11 is 1.35. The van der Waals surface area contributed by atoms with Crippen LogP contribution in [0.4, 0.5) is 0 Å². The maximum absolute atomic E-state index is 12.1. The molecule has 0 aliphatic heterocycles. The fourth-order valence-corrected chi connectivity index (χ4v) is 2.90. The highest BCUT2D eigenvalue weighted by atomic mass is 32.1. The largest absolute Gasteiger partial charge is 0.344 e. The monoisotopic (exact) mass is 335 g/mol. The van der Waals surface area contributed by atoms with Crippen LogP contribution in [0.5, 0.6) is 0 Å². The molecule has 0 aliphatic carbocycles. The van der Waals surface area contributed by atoms with E-state index in [9.17, 15) is 9.59 Å². The SMILES string of the molecule is CC(=O)c1cc(CC(=O)N[C@@H](C)c2nc(CC(C)C)no2)cs1. The number of thiophene rings is 1. The molecule has 0 saturated heterocycles. The molecule has 1 atom stereocenters. The first kappa shape index (κ1) is 17.3. The van der Waals surface area contributed by atoms with E-state index < -0.39 is 0 Å². The zero-order valence-electron chi connectivity index (χ0n) is 13.8. The summed E-state index contributed by atoms with van der Waals surface area (Å²) in [4.78, 5) is 28.3. The minimum absolute atomic E-state index is 0.0126. The van der Waals surface area contributed by atoms with Gasteiger partial charge in [0.1, 0.15) is 6.04 Å². The molecule has 124 valence electrons. The van der Waals surface area contributed by atoms with Crippen molar-refractivity contribution in [2.24, 2.45) is 5.92 Å². The fraction of sp³-hybridized carbons (Fsp3) is 0.500. The van der Waals surface area contributed by atoms with Crippen LogP contribution in [-0.2, 0) is 17.6 Å². The third-order valence-corrected chi connectivity index (χ3v) is 4.27. The number of aromatic nitrogens is 2. The Morgan fingerprint density at radius 3 is 2.70 bits per heavy atom. The molecule has 0 aromatic carbocycles. The third kappa shape index (κ3) is 4.99. The Labute approximate surface area is 139 Å². The van der Waals surface area contributed by atoms with Crippen molar-refractivity contribution in [3.63, 3.8) is 0 Å². The van der Waals surface area contributed by atoms with E-state index in [0.29, 0.717) is 22.5 Å². The normalized spacial score (nSPS) is 12.4. The Kier molecular flexibility index (Phi) is 5.65. The van der Waals surface area contributed by atoms with Crippen molar-refractivity contribution in [1.82, 2.24) is 15.5 Å². The highest BCUT2D eigenvalue weighted by Crippen LogP contribution is 2.17. The van der Waals surface area contributed by atoms with Gasteiger partial charge in [0.05, 0.1) is 11.3 Å². The van der Waals surface area contributed by atoms with Gasteiger partial charge in [0.15, 0.2) is 11.6 Å². The number of amides is 1. The Bertz CT molecular complexity index is 690. The molecule has 2 heterocycles. The summed E-state index contributed by atoms with van der Waals surface area (Å²) in [7, 11) is 0. The molecule has 2 aromatic rings. The number of carbonyl (C=O) groups excluding carboxylic acids is 2. The van der Waals surface area contributed by atoms with E-state index in [0.717, 1.165) is 12.0 Å². The van der Waals surface area contributed by atoms with E-state index >= 15 is 0 Å². The van der Waals surface area contributed by atoms with Crippen LogP contribution in [0, 0.1) is 5.92 Å². The van der Waals surface area contributed by atoms with Crippen molar-refractivity contribution in [3.8, 4) is 0 Å². The molecule has 0 unspecified atom stereocenters. The maximum Gasteiger partial charge on any atom is 0.248 e. The Hall–Kier alpha value is -2.02. The van der Waals surface area contributed by atoms with Crippen LogP contribution >= 0.6 is 11.3 Å². The molecule has 0 spiro atoms.